The van der Waals surface area contributed by atoms with Gasteiger partial charge in [0.05, 0.1) is 5.69 Å². The fourth-order valence-corrected chi connectivity index (χ4v) is 3.92. The summed E-state index contributed by atoms with van der Waals surface area (Å²) < 4.78 is 0. The first-order valence-electron chi connectivity index (χ1n) is 7.99. The van der Waals surface area contributed by atoms with Crippen molar-refractivity contribution in [3.63, 3.8) is 0 Å². The number of hydrogen-bond acceptors (Lipinski definition) is 6. The number of aliphatic imine (C=N–C) groups is 2. The standard InChI is InChI=1S/C18H17N5OS/c1-11-6-8-13(9-7-11)15-20-16-18(23(22-15)12(2)24)25-17(21-16)14-5-3-4-10-19-14/h3-10,16,18H,1-2H3,(H,20,22)/t16-,18+/m1/s1. The summed E-state index contributed by atoms with van der Waals surface area (Å²) in [7, 11) is 0. The molecule has 0 saturated carbocycles. The highest BCUT2D eigenvalue weighted by molar-refractivity contribution is 8.15. The average molecular weight is 351 g/mol. The predicted octanol–water partition coefficient (Wildman–Crippen LogP) is 2.35. The maximum atomic E-state index is 12.1. The molecule has 2 aliphatic rings. The molecule has 0 fully saturated rings. The smallest absolute Gasteiger partial charge is 0.239 e. The van der Waals surface area contributed by atoms with Crippen LogP contribution in [0.25, 0.3) is 0 Å². The number of amides is 1. The molecule has 2 aromatic rings. The van der Waals surface area contributed by atoms with Crippen LogP contribution < -0.4 is 5.43 Å². The highest BCUT2D eigenvalue weighted by Gasteiger charge is 2.41. The number of nitrogens with zero attached hydrogens (tertiary/aromatic N) is 4. The van der Waals surface area contributed by atoms with Gasteiger partial charge in [0.2, 0.25) is 5.91 Å². The van der Waals surface area contributed by atoms with Crippen molar-refractivity contribution in [1.29, 1.82) is 0 Å². The Labute approximate surface area is 150 Å². The number of nitrogens with one attached hydrogen (secondary N) is 1. The fourth-order valence-electron chi connectivity index (χ4n) is 2.73. The van der Waals surface area contributed by atoms with Gasteiger partial charge in [-0.25, -0.2) is 15.0 Å². The second-order valence-electron chi connectivity index (χ2n) is 5.92. The highest BCUT2D eigenvalue weighted by Crippen LogP contribution is 2.34. The molecule has 1 amide bonds. The van der Waals surface area contributed by atoms with Gasteiger partial charge in [-0.1, -0.05) is 47.7 Å². The van der Waals surface area contributed by atoms with Crippen molar-refractivity contribution in [2.24, 2.45) is 9.98 Å². The number of rotatable bonds is 2. The number of carbonyl (C=O) groups excluding carboxylic acids is 1. The summed E-state index contributed by atoms with van der Waals surface area (Å²) in [5.74, 6) is 0.586. The summed E-state index contributed by atoms with van der Waals surface area (Å²) in [6.07, 6.45) is 1.39. The molecule has 1 N–H and O–H groups in total. The molecule has 7 heteroatoms. The van der Waals surface area contributed by atoms with Crippen molar-refractivity contribution >= 4 is 28.5 Å². The number of fused-ring (bicyclic) bond motifs is 1. The maximum absolute atomic E-state index is 12.1. The third-order valence-electron chi connectivity index (χ3n) is 4.03. The number of pyridine rings is 1. The van der Waals surface area contributed by atoms with Crippen LogP contribution in [0, 0.1) is 6.92 Å². The van der Waals surface area contributed by atoms with Crippen LogP contribution in [-0.2, 0) is 4.79 Å². The Hall–Kier alpha value is -2.67. The molecule has 1 aromatic carbocycles. The molecular weight excluding hydrogens is 334 g/mol. The number of aromatic nitrogens is 1. The molecule has 0 spiro atoms. The summed E-state index contributed by atoms with van der Waals surface area (Å²) in [5.41, 5.74) is 6.06. The zero-order valence-electron chi connectivity index (χ0n) is 13.9. The average Bonchev–Trinajstić information content (AvgIpc) is 3.06. The van der Waals surface area contributed by atoms with Crippen molar-refractivity contribution in [1.82, 2.24) is 15.4 Å². The SMILES string of the molecule is CC(=O)N1NC(c2ccc(C)cc2)=N[C@@H]2N=C(c3ccccn3)S[C@@H]21. The molecule has 2 atom stereocenters. The van der Waals surface area contributed by atoms with E-state index >= 15 is 0 Å². The van der Waals surface area contributed by atoms with E-state index in [2.05, 4.69) is 10.4 Å². The lowest BCUT2D eigenvalue weighted by molar-refractivity contribution is -0.132. The molecule has 3 heterocycles. The van der Waals surface area contributed by atoms with Crippen molar-refractivity contribution in [3.8, 4) is 0 Å². The van der Waals surface area contributed by atoms with E-state index in [4.69, 9.17) is 9.98 Å². The van der Waals surface area contributed by atoms with Gasteiger partial charge in [-0.2, -0.15) is 0 Å². The molecule has 126 valence electrons. The Morgan fingerprint density at radius 1 is 1.16 bits per heavy atom. The monoisotopic (exact) mass is 351 g/mol. The first-order valence-corrected chi connectivity index (χ1v) is 8.87. The van der Waals surface area contributed by atoms with Gasteiger partial charge < -0.3 is 0 Å². The maximum Gasteiger partial charge on any atom is 0.239 e. The second-order valence-corrected chi connectivity index (χ2v) is 7.02. The van der Waals surface area contributed by atoms with Crippen LogP contribution in [-0.4, -0.2) is 38.3 Å². The van der Waals surface area contributed by atoms with Crippen molar-refractivity contribution in [3.05, 3.63) is 65.5 Å². The largest absolute Gasteiger partial charge is 0.278 e. The first kappa shape index (κ1) is 15.8. The summed E-state index contributed by atoms with van der Waals surface area (Å²) in [6, 6.07) is 13.7. The van der Waals surface area contributed by atoms with Crippen LogP contribution in [0.15, 0.2) is 58.6 Å². The van der Waals surface area contributed by atoms with E-state index in [-0.39, 0.29) is 17.4 Å². The molecule has 0 saturated heterocycles. The minimum absolute atomic E-state index is 0.0699. The van der Waals surface area contributed by atoms with Crippen LogP contribution in [0.2, 0.25) is 0 Å². The van der Waals surface area contributed by atoms with Crippen molar-refractivity contribution in [2.75, 3.05) is 0 Å². The minimum Gasteiger partial charge on any atom is -0.278 e. The van der Waals surface area contributed by atoms with Crippen LogP contribution in [0.5, 0.6) is 0 Å². The van der Waals surface area contributed by atoms with Gasteiger partial charge in [0.25, 0.3) is 0 Å². The number of amidine groups is 1. The third-order valence-corrected chi connectivity index (χ3v) is 5.26. The van der Waals surface area contributed by atoms with Gasteiger partial charge in [0.1, 0.15) is 16.3 Å². The lowest BCUT2D eigenvalue weighted by atomic mass is 10.1. The van der Waals surface area contributed by atoms with Crippen LogP contribution in [0.3, 0.4) is 0 Å². The van der Waals surface area contributed by atoms with Gasteiger partial charge in [-0.15, -0.1) is 0 Å². The van der Waals surface area contributed by atoms with Crippen molar-refractivity contribution < 1.29 is 4.79 Å². The second kappa shape index (κ2) is 6.33. The summed E-state index contributed by atoms with van der Waals surface area (Å²) >= 11 is 1.51. The third kappa shape index (κ3) is 3.02. The van der Waals surface area contributed by atoms with Crippen LogP contribution in [0.4, 0.5) is 0 Å². The quantitative estimate of drug-likeness (QED) is 0.902. The Balaban J connectivity index is 1.71. The predicted molar refractivity (Wildman–Crippen MR) is 99.3 cm³/mol. The molecular formula is C18H17N5OS. The lowest BCUT2D eigenvalue weighted by Gasteiger charge is -2.34. The zero-order chi connectivity index (χ0) is 17.4. The molecule has 0 aliphatic carbocycles. The van der Waals surface area contributed by atoms with Crippen LogP contribution >= 0.6 is 11.8 Å². The normalized spacial score (nSPS) is 21.9. The Morgan fingerprint density at radius 3 is 2.64 bits per heavy atom. The van der Waals surface area contributed by atoms with Gasteiger partial charge in [-0.05, 0) is 19.1 Å². The molecule has 0 unspecified atom stereocenters. The molecule has 25 heavy (non-hydrogen) atoms. The number of thioether (sulfide) groups is 1. The molecule has 0 radical (unpaired) electrons. The van der Waals surface area contributed by atoms with E-state index in [1.54, 1.807) is 18.1 Å². The number of benzene rings is 1. The minimum atomic E-state index is -0.344. The number of hydrazine groups is 1. The molecule has 1 aromatic heterocycles. The number of carbonyl (C=O) groups is 1. The van der Waals surface area contributed by atoms with Crippen LogP contribution in [0.1, 0.15) is 23.7 Å². The van der Waals surface area contributed by atoms with Crippen molar-refractivity contribution in [2.45, 2.75) is 25.4 Å². The van der Waals surface area contributed by atoms with E-state index in [9.17, 15) is 4.79 Å². The Bertz CT molecular complexity index is 863. The topological polar surface area (TPSA) is 70.0 Å². The molecule has 6 nitrogen and oxygen atoms in total. The Morgan fingerprint density at radius 2 is 1.96 bits per heavy atom. The van der Waals surface area contributed by atoms with E-state index in [1.807, 2.05) is 49.4 Å². The number of aryl methyl sites for hydroxylation is 1. The summed E-state index contributed by atoms with van der Waals surface area (Å²) in [4.78, 5) is 25.9. The zero-order valence-corrected chi connectivity index (χ0v) is 14.7. The summed E-state index contributed by atoms with van der Waals surface area (Å²) in [6.45, 7) is 3.58. The fraction of sp³-hybridized carbons (Fsp3) is 0.222. The van der Waals surface area contributed by atoms with Gasteiger partial charge in [0.15, 0.2) is 6.17 Å². The highest BCUT2D eigenvalue weighted by atomic mass is 32.2. The number of hydrogen-bond donors (Lipinski definition) is 1. The van der Waals surface area contributed by atoms with E-state index in [0.29, 0.717) is 5.84 Å². The van der Waals surface area contributed by atoms with Gasteiger partial charge in [0, 0.05) is 18.7 Å². The lowest BCUT2D eigenvalue weighted by Crippen LogP contribution is -2.56. The Kier molecular flexibility index (Phi) is 4.01. The van der Waals surface area contributed by atoms with Gasteiger partial charge >= 0.3 is 0 Å². The first-order chi connectivity index (χ1) is 12.1. The van der Waals surface area contributed by atoms with E-state index in [0.717, 1.165) is 16.3 Å². The van der Waals surface area contributed by atoms with E-state index in [1.165, 1.54) is 17.3 Å². The van der Waals surface area contributed by atoms with E-state index < -0.39 is 0 Å². The molecule has 0 bridgehead atoms. The molecule has 2 aliphatic heterocycles. The summed E-state index contributed by atoms with van der Waals surface area (Å²) in [5, 5.41) is 2.21. The molecule has 4 rings (SSSR count). The van der Waals surface area contributed by atoms with Gasteiger partial charge in [-0.3, -0.25) is 15.2 Å².